The van der Waals surface area contributed by atoms with E-state index in [2.05, 4.69) is 15.2 Å². The zero-order valence-corrected chi connectivity index (χ0v) is 10.6. The van der Waals surface area contributed by atoms with Crippen molar-refractivity contribution in [2.24, 2.45) is 0 Å². The van der Waals surface area contributed by atoms with Gasteiger partial charge in [0.15, 0.2) is 11.6 Å². The Morgan fingerprint density at radius 3 is 2.58 bits per heavy atom. The summed E-state index contributed by atoms with van der Waals surface area (Å²) in [5.74, 6) is 1.46. The summed E-state index contributed by atoms with van der Waals surface area (Å²) in [6.07, 6.45) is 0. The van der Waals surface area contributed by atoms with Gasteiger partial charge in [0.2, 0.25) is 0 Å². The van der Waals surface area contributed by atoms with Gasteiger partial charge in [-0.2, -0.15) is 5.10 Å². The van der Waals surface area contributed by atoms with Gasteiger partial charge in [-0.3, -0.25) is 5.10 Å². The third-order valence-electron chi connectivity index (χ3n) is 3.02. The molecular formula is C15H14N4. The fourth-order valence-electron chi connectivity index (χ4n) is 2.05. The van der Waals surface area contributed by atoms with Gasteiger partial charge >= 0.3 is 0 Å². The minimum absolute atomic E-state index is 0.701. The van der Waals surface area contributed by atoms with Crippen LogP contribution in [0.4, 0.5) is 5.69 Å². The first-order chi connectivity index (χ1) is 9.24. The molecule has 0 aliphatic rings. The minimum Gasteiger partial charge on any atom is -0.399 e. The van der Waals surface area contributed by atoms with Crippen molar-refractivity contribution >= 4 is 5.69 Å². The van der Waals surface area contributed by atoms with E-state index < -0.39 is 0 Å². The van der Waals surface area contributed by atoms with Crippen LogP contribution in [-0.2, 0) is 0 Å². The lowest BCUT2D eigenvalue weighted by Gasteiger charge is -2.02. The molecule has 4 nitrogen and oxygen atoms in total. The van der Waals surface area contributed by atoms with E-state index in [0.717, 1.165) is 28.2 Å². The van der Waals surface area contributed by atoms with Crippen LogP contribution in [0.5, 0.6) is 0 Å². The molecule has 1 heterocycles. The topological polar surface area (TPSA) is 67.6 Å². The molecule has 3 aromatic rings. The normalized spacial score (nSPS) is 10.6. The highest BCUT2D eigenvalue weighted by molar-refractivity contribution is 5.66. The molecule has 0 fully saturated rings. The number of hydrogen-bond donors (Lipinski definition) is 2. The summed E-state index contributed by atoms with van der Waals surface area (Å²) in [4.78, 5) is 4.53. The molecule has 0 aliphatic carbocycles. The molecule has 2 aromatic carbocycles. The second-order valence-electron chi connectivity index (χ2n) is 4.45. The summed E-state index contributed by atoms with van der Waals surface area (Å²) in [6.45, 7) is 2.01. The molecule has 0 radical (unpaired) electrons. The first-order valence-electron chi connectivity index (χ1n) is 6.08. The first kappa shape index (κ1) is 11.5. The molecule has 0 amide bonds. The molecule has 19 heavy (non-hydrogen) atoms. The van der Waals surface area contributed by atoms with Crippen molar-refractivity contribution in [3.8, 4) is 22.8 Å². The second-order valence-corrected chi connectivity index (χ2v) is 4.45. The van der Waals surface area contributed by atoms with Crippen molar-refractivity contribution in [2.45, 2.75) is 6.92 Å². The minimum atomic E-state index is 0.701. The number of benzene rings is 2. The SMILES string of the molecule is Cc1cc(N)ccc1-c1nc(-c2ccccc2)n[nH]1. The van der Waals surface area contributed by atoms with Gasteiger partial charge in [0.05, 0.1) is 0 Å². The Kier molecular flexibility index (Phi) is 2.76. The lowest BCUT2D eigenvalue weighted by atomic mass is 10.1. The van der Waals surface area contributed by atoms with E-state index in [0.29, 0.717) is 5.82 Å². The molecule has 1 aromatic heterocycles. The maximum atomic E-state index is 5.76. The second kappa shape index (κ2) is 4.57. The molecule has 4 heteroatoms. The molecular weight excluding hydrogens is 236 g/mol. The molecule has 0 bridgehead atoms. The van der Waals surface area contributed by atoms with E-state index in [1.165, 1.54) is 0 Å². The summed E-state index contributed by atoms with van der Waals surface area (Å²) in [5, 5.41) is 7.24. The third-order valence-corrected chi connectivity index (χ3v) is 3.02. The van der Waals surface area contributed by atoms with Crippen LogP contribution in [0.15, 0.2) is 48.5 Å². The Bertz CT molecular complexity index is 701. The van der Waals surface area contributed by atoms with E-state index in [1.807, 2.05) is 55.5 Å². The zero-order chi connectivity index (χ0) is 13.2. The fourth-order valence-corrected chi connectivity index (χ4v) is 2.05. The number of hydrogen-bond acceptors (Lipinski definition) is 3. The van der Waals surface area contributed by atoms with Gasteiger partial charge in [-0.25, -0.2) is 4.98 Å². The van der Waals surface area contributed by atoms with Crippen molar-refractivity contribution in [3.05, 3.63) is 54.1 Å². The predicted molar refractivity (Wildman–Crippen MR) is 76.4 cm³/mol. The highest BCUT2D eigenvalue weighted by Gasteiger charge is 2.09. The van der Waals surface area contributed by atoms with Crippen LogP contribution >= 0.6 is 0 Å². The lowest BCUT2D eigenvalue weighted by Crippen LogP contribution is -1.89. The van der Waals surface area contributed by atoms with Crippen LogP contribution in [-0.4, -0.2) is 15.2 Å². The van der Waals surface area contributed by atoms with Crippen molar-refractivity contribution in [1.82, 2.24) is 15.2 Å². The van der Waals surface area contributed by atoms with Crippen LogP contribution < -0.4 is 5.73 Å². The Labute approximate surface area is 111 Å². The molecule has 0 unspecified atom stereocenters. The highest BCUT2D eigenvalue weighted by atomic mass is 15.2. The molecule has 0 atom stereocenters. The molecule has 3 rings (SSSR count). The number of nitrogens with one attached hydrogen (secondary N) is 1. The summed E-state index contributed by atoms with van der Waals surface area (Å²) in [5.41, 5.74) is 9.60. The quantitative estimate of drug-likeness (QED) is 0.687. The van der Waals surface area contributed by atoms with Crippen LogP contribution in [0.25, 0.3) is 22.8 Å². The molecule has 94 valence electrons. The number of rotatable bonds is 2. The summed E-state index contributed by atoms with van der Waals surface area (Å²) >= 11 is 0. The zero-order valence-electron chi connectivity index (χ0n) is 10.6. The Morgan fingerprint density at radius 1 is 1.05 bits per heavy atom. The summed E-state index contributed by atoms with van der Waals surface area (Å²) in [6, 6.07) is 15.7. The van der Waals surface area contributed by atoms with Crippen LogP contribution in [0.3, 0.4) is 0 Å². The van der Waals surface area contributed by atoms with Crippen molar-refractivity contribution in [2.75, 3.05) is 5.73 Å². The molecule has 0 spiro atoms. The van der Waals surface area contributed by atoms with E-state index in [9.17, 15) is 0 Å². The number of H-pyrrole nitrogens is 1. The summed E-state index contributed by atoms with van der Waals surface area (Å²) in [7, 11) is 0. The van der Waals surface area contributed by atoms with Crippen LogP contribution in [0.2, 0.25) is 0 Å². The average molecular weight is 250 g/mol. The van der Waals surface area contributed by atoms with Gasteiger partial charge in [-0.1, -0.05) is 30.3 Å². The van der Waals surface area contributed by atoms with E-state index in [-0.39, 0.29) is 0 Å². The molecule has 0 aliphatic heterocycles. The van der Waals surface area contributed by atoms with Crippen molar-refractivity contribution < 1.29 is 0 Å². The Hall–Kier alpha value is -2.62. The largest absolute Gasteiger partial charge is 0.399 e. The lowest BCUT2D eigenvalue weighted by molar-refractivity contribution is 1.10. The van der Waals surface area contributed by atoms with E-state index >= 15 is 0 Å². The van der Waals surface area contributed by atoms with Crippen LogP contribution in [0.1, 0.15) is 5.56 Å². The number of nitrogen functional groups attached to an aromatic ring is 1. The van der Waals surface area contributed by atoms with Crippen LogP contribution in [0, 0.1) is 6.92 Å². The number of aromatic amines is 1. The maximum absolute atomic E-state index is 5.76. The Morgan fingerprint density at radius 2 is 1.84 bits per heavy atom. The number of aromatic nitrogens is 3. The highest BCUT2D eigenvalue weighted by Crippen LogP contribution is 2.24. The number of nitrogens with zero attached hydrogens (tertiary/aromatic N) is 2. The smallest absolute Gasteiger partial charge is 0.181 e. The van der Waals surface area contributed by atoms with E-state index in [1.54, 1.807) is 0 Å². The molecule has 3 N–H and O–H groups in total. The summed E-state index contributed by atoms with van der Waals surface area (Å²) < 4.78 is 0. The molecule has 0 saturated carbocycles. The van der Waals surface area contributed by atoms with Gasteiger partial charge in [-0.05, 0) is 30.7 Å². The van der Waals surface area contributed by atoms with Crippen molar-refractivity contribution in [3.63, 3.8) is 0 Å². The van der Waals surface area contributed by atoms with Crippen molar-refractivity contribution in [1.29, 1.82) is 0 Å². The molecule has 0 saturated heterocycles. The maximum Gasteiger partial charge on any atom is 0.181 e. The monoisotopic (exact) mass is 250 g/mol. The average Bonchev–Trinajstić information content (AvgIpc) is 2.89. The van der Waals surface area contributed by atoms with Gasteiger partial charge < -0.3 is 5.73 Å². The van der Waals surface area contributed by atoms with Gasteiger partial charge in [0, 0.05) is 16.8 Å². The van der Waals surface area contributed by atoms with E-state index in [4.69, 9.17) is 5.73 Å². The number of nitrogens with two attached hydrogens (primary N) is 1. The van der Waals surface area contributed by atoms with Gasteiger partial charge in [0.1, 0.15) is 0 Å². The number of anilines is 1. The van der Waals surface area contributed by atoms with Gasteiger partial charge in [-0.15, -0.1) is 0 Å². The Balaban J connectivity index is 2.02. The predicted octanol–water partition coefficient (Wildman–Crippen LogP) is 3.03. The fraction of sp³-hybridized carbons (Fsp3) is 0.0667. The number of aryl methyl sites for hydroxylation is 1. The third kappa shape index (κ3) is 2.20. The van der Waals surface area contributed by atoms with Gasteiger partial charge in [0.25, 0.3) is 0 Å². The first-order valence-corrected chi connectivity index (χ1v) is 6.08. The standard InChI is InChI=1S/C15H14N4/c1-10-9-12(16)7-8-13(10)15-17-14(18-19-15)11-5-3-2-4-6-11/h2-9H,16H2,1H3,(H,17,18,19).